The van der Waals surface area contributed by atoms with Gasteiger partial charge in [-0.15, -0.1) is 0 Å². The number of nitrogens with zero attached hydrogens (tertiary/aromatic N) is 5. The molecule has 0 fully saturated rings. The average molecular weight is 636 g/mol. The Kier molecular flexibility index (Phi) is 6.56. The van der Waals surface area contributed by atoms with Gasteiger partial charge in [-0.05, 0) is 106 Å². The molecule has 0 amide bonds. The molecule has 0 saturated carbocycles. The first-order valence-electron chi connectivity index (χ1n) is 16.2. The van der Waals surface area contributed by atoms with E-state index in [2.05, 4.69) is 115 Å². The highest BCUT2D eigenvalue weighted by Crippen LogP contribution is 2.40. The zero-order valence-corrected chi connectivity index (χ0v) is 26.7. The third-order valence-corrected chi connectivity index (χ3v) is 9.49. The van der Waals surface area contributed by atoms with Crippen LogP contribution in [0.25, 0.3) is 91.8 Å². The number of hydrogen-bond acceptors (Lipinski definition) is 0. The van der Waals surface area contributed by atoms with Gasteiger partial charge in [0.05, 0.1) is 41.8 Å². The molecule has 0 N–H and O–H groups in total. The summed E-state index contributed by atoms with van der Waals surface area (Å²) in [7, 11) is 0. The van der Waals surface area contributed by atoms with Crippen molar-refractivity contribution in [2.45, 2.75) is 0 Å². The minimum Gasteiger partial charge on any atom is -0.309 e. The van der Waals surface area contributed by atoms with Crippen LogP contribution in [0.1, 0.15) is 0 Å². The molecule has 5 heteroatoms. The summed E-state index contributed by atoms with van der Waals surface area (Å²) in [4.78, 5) is 11.1. The summed E-state index contributed by atoms with van der Waals surface area (Å²) in [5.74, 6) is 0. The number of benzene rings is 7. The Morgan fingerprint density at radius 2 is 0.780 bits per heavy atom. The van der Waals surface area contributed by atoms with Gasteiger partial charge in [-0.1, -0.05) is 78.9 Å². The molecular weight excluding hydrogens is 611 g/mol. The predicted molar refractivity (Wildman–Crippen MR) is 205 cm³/mol. The molecule has 5 nitrogen and oxygen atoms in total. The highest BCUT2D eigenvalue weighted by atomic mass is 15.0. The van der Waals surface area contributed by atoms with Crippen molar-refractivity contribution in [2.24, 2.45) is 0 Å². The first kappa shape index (κ1) is 28.8. The Morgan fingerprint density at radius 3 is 1.36 bits per heavy atom. The van der Waals surface area contributed by atoms with Gasteiger partial charge < -0.3 is 9.13 Å². The van der Waals surface area contributed by atoms with Crippen molar-refractivity contribution >= 4 is 60.7 Å². The van der Waals surface area contributed by atoms with Crippen LogP contribution in [0.4, 0.5) is 17.1 Å². The minimum atomic E-state index is 0.553. The maximum atomic E-state index is 7.67. The van der Waals surface area contributed by atoms with Crippen molar-refractivity contribution in [3.05, 3.63) is 186 Å². The van der Waals surface area contributed by atoms with Crippen LogP contribution in [-0.4, -0.2) is 9.13 Å². The molecule has 0 spiro atoms. The van der Waals surface area contributed by atoms with E-state index in [9.17, 15) is 0 Å². The van der Waals surface area contributed by atoms with Crippen LogP contribution in [0, 0.1) is 19.7 Å². The smallest absolute Gasteiger partial charge is 0.188 e. The number of hydrogen-bond donors (Lipinski definition) is 0. The molecule has 0 unspecified atom stereocenters. The molecule has 7 aromatic carbocycles. The van der Waals surface area contributed by atoms with Gasteiger partial charge in [0, 0.05) is 22.1 Å². The van der Waals surface area contributed by atoms with Crippen molar-refractivity contribution in [2.75, 3.05) is 0 Å². The zero-order valence-electron chi connectivity index (χ0n) is 26.7. The molecule has 2 aromatic heterocycles. The van der Waals surface area contributed by atoms with E-state index < -0.39 is 0 Å². The molecule has 50 heavy (non-hydrogen) atoms. The van der Waals surface area contributed by atoms with E-state index in [1.165, 1.54) is 10.8 Å². The molecule has 9 rings (SSSR count). The van der Waals surface area contributed by atoms with Crippen molar-refractivity contribution in [3.63, 3.8) is 0 Å². The second-order valence-corrected chi connectivity index (χ2v) is 12.3. The van der Waals surface area contributed by atoms with Crippen LogP contribution in [0.15, 0.2) is 152 Å². The summed E-state index contributed by atoms with van der Waals surface area (Å²) in [6, 6.07) is 51.5. The van der Waals surface area contributed by atoms with Crippen molar-refractivity contribution < 1.29 is 0 Å². The third-order valence-electron chi connectivity index (χ3n) is 9.49. The molecule has 9 aromatic rings. The first-order chi connectivity index (χ1) is 24.6. The Labute approximate surface area is 288 Å². The molecule has 0 aliphatic heterocycles. The van der Waals surface area contributed by atoms with E-state index in [1.54, 1.807) is 0 Å². The molecule has 0 radical (unpaired) electrons. The fraction of sp³-hybridized carbons (Fsp3) is 0. The van der Waals surface area contributed by atoms with Crippen molar-refractivity contribution in [1.82, 2.24) is 9.13 Å². The van der Waals surface area contributed by atoms with E-state index in [0.29, 0.717) is 17.1 Å². The normalized spacial score (nSPS) is 11.1. The van der Waals surface area contributed by atoms with Crippen LogP contribution < -0.4 is 0 Å². The zero-order chi connectivity index (χ0) is 33.8. The summed E-state index contributed by atoms with van der Waals surface area (Å²) < 4.78 is 4.55. The topological polar surface area (TPSA) is 22.9 Å². The van der Waals surface area contributed by atoms with Gasteiger partial charge in [0.15, 0.2) is 17.1 Å². The van der Waals surface area contributed by atoms with Crippen LogP contribution in [0.3, 0.4) is 0 Å². The third kappa shape index (κ3) is 4.53. The molecular formula is C45H25N5. The lowest BCUT2D eigenvalue weighted by Crippen LogP contribution is -1.97. The van der Waals surface area contributed by atoms with E-state index in [-0.39, 0.29) is 0 Å². The van der Waals surface area contributed by atoms with Gasteiger partial charge in [-0.25, -0.2) is 14.5 Å². The van der Waals surface area contributed by atoms with E-state index in [1.807, 2.05) is 60.7 Å². The Morgan fingerprint density at radius 1 is 0.320 bits per heavy atom. The SMILES string of the molecule is [C-]#[N+]c1cccc(-c2cc(-c3cccc(-n4c5ccccc5c5ccccc54)c3)cc(-n3c4ccc([N+]#[C-])cc4c4cc([N+]#[C-])ccc43)c2)c1. The van der Waals surface area contributed by atoms with Gasteiger partial charge in [-0.3, -0.25) is 0 Å². The van der Waals surface area contributed by atoms with Crippen LogP contribution >= 0.6 is 0 Å². The lowest BCUT2D eigenvalue weighted by molar-refractivity contribution is 1.17. The van der Waals surface area contributed by atoms with Gasteiger partial charge in [0.25, 0.3) is 0 Å². The van der Waals surface area contributed by atoms with E-state index >= 15 is 0 Å². The standard InChI is InChI=1S/C45H25N5/c1-46-33-12-8-10-29(23-33)31-22-32(30-11-9-13-36(24-30)49-42-16-6-4-14-38(42)39-15-5-7-17-43(39)49)26-37(25-31)50-44-20-18-34(47-2)27-40(44)41-28-35(48-3)19-21-45(41)50/h4-28H. The summed E-state index contributed by atoms with van der Waals surface area (Å²) in [6.07, 6.45) is 0. The first-order valence-corrected chi connectivity index (χ1v) is 16.2. The van der Waals surface area contributed by atoms with E-state index in [4.69, 9.17) is 19.7 Å². The lowest BCUT2D eigenvalue weighted by atomic mass is 9.97. The van der Waals surface area contributed by atoms with Crippen molar-refractivity contribution in [3.8, 4) is 33.6 Å². The number of rotatable bonds is 4. The predicted octanol–water partition coefficient (Wildman–Crippen LogP) is 12.9. The Balaban J connectivity index is 1.32. The molecule has 230 valence electrons. The summed E-state index contributed by atoms with van der Waals surface area (Å²) in [5.41, 5.74) is 11.9. The highest BCUT2D eigenvalue weighted by molar-refractivity contribution is 6.12. The number of aromatic nitrogens is 2. The minimum absolute atomic E-state index is 0.553. The van der Waals surface area contributed by atoms with Crippen LogP contribution in [-0.2, 0) is 0 Å². The second kappa shape index (κ2) is 11.4. The Bertz CT molecular complexity index is 2850. The fourth-order valence-corrected chi connectivity index (χ4v) is 7.27. The highest BCUT2D eigenvalue weighted by Gasteiger charge is 2.17. The average Bonchev–Trinajstić information content (AvgIpc) is 3.70. The lowest BCUT2D eigenvalue weighted by Gasteiger charge is -2.15. The number of para-hydroxylation sites is 2. The van der Waals surface area contributed by atoms with Crippen LogP contribution in [0.2, 0.25) is 0 Å². The Hall–Kier alpha value is -7.39. The molecule has 0 atom stereocenters. The largest absolute Gasteiger partial charge is 0.309 e. The van der Waals surface area contributed by atoms with E-state index in [0.717, 1.165) is 66.5 Å². The fourth-order valence-electron chi connectivity index (χ4n) is 7.27. The second-order valence-electron chi connectivity index (χ2n) is 12.3. The molecule has 2 heterocycles. The van der Waals surface area contributed by atoms with Gasteiger partial charge in [-0.2, -0.15) is 0 Å². The van der Waals surface area contributed by atoms with Crippen LogP contribution in [0.5, 0.6) is 0 Å². The van der Waals surface area contributed by atoms with Crippen molar-refractivity contribution in [1.29, 1.82) is 0 Å². The summed E-state index contributed by atoms with van der Waals surface area (Å²) in [6.45, 7) is 23.0. The van der Waals surface area contributed by atoms with Gasteiger partial charge >= 0.3 is 0 Å². The molecule has 0 bridgehead atoms. The summed E-state index contributed by atoms with van der Waals surface area (Å²) in [5, 5.41) is 4.28. The van der Waals surface area contributed by atoms with Gasteiger partial charge in [0.2, 0.25) is 0 Å². The van der Waals surface area contributed by atoms with Gasteiger partial charge in [0.1, 0.15) is 0 Å². The monoisotopic (exact) mass is 635 g/mol. The molecule has 0 saturated heterocycles. The number of fused-ring (bicyclic) bond motifs is 6. The molecule has 0 aliphatic carbocycles. The molecule has 0 aliphatic rings. The summed E-state index contributed by atoms with van der Waals surface area (Å²) >= 11 is 0. The maximum Gasteiger partial charge on any atom is 0.188 e. The maximum absolute atomic E-state index is 7.67. The quantitative estimate of drug-likeness (QED) is 0.172.